The summed E-state index contributed by atoms with van der Waals surface area (Å²) in [5.41, 5.74) is 1.85. The van der Waals surface area contributed by atoms with E-state index in [9.17, 15) is 13.2 Å². The number of allylic oxidation sites excluding steroid dienone is 1. The number of carbonyl (C=O) groups is 1. The van der Waals surface area contributed by atoms with Crippen LogP contribution in [0.4, 0.5) is 5.69 Å². The maximum Gasteiger partial charge on any atom is 0.234 e. The molecule has 3 aromatic rings. The number of aromatic nitrogens is 3. The quantitative estimate of drug-likeness (QED) is 0.351. The lowest BCUT2D eigenvalue weighted by molar-refractivity contribution is -0.113. The van der Waals surface area contributed by atoms with Gasteiger partial charge in [-0.15, -0.1) is 16.8 Å². The zero-order valence-electron chi connectivity index (χ0n) is 18.1. The van der Waals surface area contributed by atoms with Gasteiger partial charge in [0.05, 0.1) is 10.6 Å². The van der Waals surface area contributed by atoms with Crippen molar-refractivity contribution < 1.29 is 13.2 Å². The van der Waals surface area contributed by atoms with Crippen LogP contribution in [0.1, 0.15) is 31.2 Å². The van der Waals surface area contributed by atoms with Crippen molar-refractivity contribution in [3.63, 3.8) is 0 Å². The third-order valence-electron chi connectivity index (χ3n) is 4.72. The monoisotopic (exact) mass is 470 g/mol. The zero-order chi connectivity index (χ0) is 23.1. The van der Waals surface area contributed by atoms with E-state index in [0.29, 0.717) is 17.5 Å². The topological polar surface area (TPSA) is 93.9 Å². The van der Waals surface area contributed by atoms with Crippen molar-refractivity contribution in [1.82, 2.24) is 14.8 Å². The largest absolute Gasteiger partial charge is 0.325 e. The Balaban J connectivity index is 1.72. The van der Waals surface area contributed by atoms with E-state index in [-0.39, 0.29) is 28.2 Å². The molecule has 0 radical (unpaired) electrons. The molecule has 32 heavy (non-hydrogen) atoms. The van der Waals surface area contributed by atoms with Crippen LogP contribution >= 0.6 is 11.8 Å². The van der Waals surface area contributed by atoms with Crippen molar-refractivity contribution >= 4 is 33.2 Å². The second-order valence-corrected chi connectivity index (χ2v) is 10.4. The van der Waals surface area contributed by atoms with E-state index >= 15 is 0 Å². The van der Waals surface area contributed by atoms with Gasteiger partial charge in [-0.3, -0.25) is 4.79 Å². The van der Waals surface area contributed by atoms with Crippen LogP contribution in [0.3, 0.4) is 0 Å². The second-order valence-electron chi connectivity index (χ2n) is 7.45. The van der Waals surface area contributed by atoms with Crippen LogP contribution in [-0.4, -0.2) is 34.8 Å². The maximum absolute atomic E-state index is 12.7. The first-order chi connectivity index (χ1) is 15.3. The van der Waals surface area contributed by atoms with Gasteiger partial charge in [0.1, 0.15) is 11.6 Å². The van der Waals surface area contributed by atoms with E-state index in [4.69, 9.17) is 0 Å². The van der Waals surface area contributed by atoms with Gasteiger partial charge >= 0.3 is 0 Å². The molecule has 0 saturated carbocycles. The predicted molar refractivity (Wildman–Crippen MR) is 127 cm³/mol. The molecule has 0 fully saturated rings. The van der Waals surface area contributed by atoms with Crippen LogP contribution in [0.2, 0.25) is 0 Å². The van der Waals surface area contributed by atoms with Gasteiger partial charge in [0.15, 0.2) is 15.0 Å². The summed E-state index contributed by atoms with van der Waals surface area (Å²) in [5.74, 6) is 0.250. The summed E-state index contributed by atoms with van der Waals surface area (Å²) in [6.07, 6.45) is 1.64. The van der Waals surface area contributed by atoms with Gasteiger partial charge in [-0.1, -0.05) is 68.1 Å². The normalized spacial score (nSPS) is 11.5. The van der Waals surface area contributed by atoms with Crippen molar-refractivity contribution in [3.8, 4) is 0 Å². The highest BCUT2D eigenvalue weighted by molar-refractivity contribution is 7.99. The Morgan fingerprint density at radius 2 is 1.81 bits per heavy atom. The van der Waals surface area contributed by atoms with E-state index in [0.717, 1.165) is 11.3 Å². The molecule has 1 N–H and O–H groups in total. The van der Waals surface area contributed by atoms with Gasteiger partial charge in [-0.05, 0) is 29.7 Å². The Bertz CT molecular complexity index is 1190. The first-order valence-corrected chi connectivity index (χ1v) is 12.8. The third kappa shape index (κ3) is 5.86. The van der Waals surface area contributed by atoms with Crippen molar-refractivity contribution in [1.29, 1.82) is 0 Å². The SMILES string of the molecule is C=CCn1c(CS(=O)(=O)c2ccccc2)nnc1SCC(=O)Nc1ccccc1C(C)C. The number of benzene rings is 2. The fourth-order valence-electron chi connectivity index (χ4n) is 3.16. The molecule has 0 aliphatic carbocycles. The van der Waals surface area contributed by atoms with E-state index in [1.165, 1.54) is 11.8 Å². The van der Waals surface area contributed by atoms with Crippen LogP contribution in [0.5, 0.6) is 0 Å². The number of hydrogen-bond donors (Lipinski definition) is 1. The molecule has 0 spiro atoms. The predicted octanol–water partition coefficient (Wildman–Crippen LogP) is 4.29. The van der Waals surface area contributed by atoms with Crippen molar-refractivity contribution in [3.05, 3.63) is 78.6 Å². The molecule has 0 unspecified atom stereocenters. The number of thioether (sulfide) groups is 1. The Labute approximate surface area is 192 Å². The number of carbonyl (C=O) groups excluding carboxylic acids is 1. The third-order valence-corrected chi connectivity index (χ3v) is 7.31. The molecule has 7 nitrogen and oxygen atoms in total. The van der Waals surface area contributed by atoms with Crippen LogP contribution < -0.4 is 5.32 Å². The molecule has 0 bridgehead atoms. The fraction of sp³-hybridized carbons (Fsp3) is 0.261. The molecule has 3 rings (SSSR count). The molecular formula is C23H26N4O3S2. The number of para-hydroxylation sites is 1. The maximum atomic E-state index is 12.7. The number of nitrogens with one attached hydrogen (secondary N) is 1. The minimum atomic E-state index is -3.57. The van der Waals surface area contributed by atoms with Gasteiger partial charge in [-0.2, -0.15) is 0 Å². The Hall–Kier alpha value is -2.91. The second kappa shape index (κ2) is 10.6. The average molecular weight is 471 g/mol. The molecule has 9 heteroatoms. The summed E-state index contributed by atoms with van der Waals surface area (Å²) in [6, 6.07) is 15.9. The Morgan fingerprint density at radius 1 is 1.12 bits per heavy atom. The van der Waals surface area contributed by atoms with Crippen LogP contribution in [-0.2, 0) is 26.9 Å². The smallest absolute Gasteiger partial charge is 0.234 e. The molecule has 168 valence electrons. The minimum Gasteiger partial charge on any atom is -0.325 e. The van der Waals surface area contributed by atoms with Crippen LogP contribution in [0.25, 0.3) is 0 Å². The first kappa shape index (κ1) is 23.7. The lowest BCUT2D eigenvalue weighted by atomic mass is 10.0. The first-order valence-electron chi connectivity index (χ1n) is 10.1. The lowest BCUT2D eigenvalue weighted by Crippen LogP contribution is -2.16. The molecule has 0 aliphatic heterocycles. The van der Waals surface area contributed by atoms with Crippen molar-refractivity contribution in [2.24, 2.45) is 0 Å². The Morgan fingerprint density at radius 3 is 2.50 bits per heavy atom. The number of amides is 1. The molecule has 0 saturated heterocycles. The highest BCUT2D eigenvalue weighted by atomic mass is 32.2. The van der Waals surface area contributed by atoms with Gasteiger partial charge < -0.3 is 9.88 Å². The zero-order valence-corrected chi connectivity index (χ0v) is 19.7. The molecule has 1 aromatic heterocycles. The average Bonchev–Trinajstić information content (AvgIpc) is 3.14. The minimum absolute atomic E-state index is 0.118. The molecule has 0 atom stereocenters. The summed E-state index contributed by atoms with van der Waals surface area (Å²) in [5, 5.41) is 11.6. The van der Waals surface area contributed by atoms with Gasteiger partial charge in [0.25, 0.3) is 0 Å². The molecule has 1 amide bonds. The van der Waals surface area contributed by atoms with E-state index in [1.54, 1.807) is 41.0 Å². The number of sulfone groups is 1. The lowest BCUT2D eigenvalue weighted by Gasteiger charge is -2.13. The number of hydrogen-bond acceptors (Lipinski definition) is 6. The fourth-order valence-corrected chi connectivity index (χ4v) is 5.22. The van der Waals surface area contributed by atoms with Gasteiger partial charge in [0.2, 0.25) is 5.91 Å². The highest BCUT2D eigenvalue weighted by Gasteiger charge is 2.21. The summed E-state index contributed by atoms with van der Waals surface area (Å²) in [7, 11) is -3.57. The van der Waals surface area contributed by atoms with E-state index in [2.05, 4.69) is 35.9 Å². The number of nitrogens with zero attached hydrogens (tertiary/aromatic N) is 3. The van der Waals surface area contributed by atoms with E-state index < -0.39 is 9.84 Å². The molecule has 2 aromatic carbocycles. The van der Waals surface area contributed by atoms with Gasteiger partial charge in [-0.25, -0.2) is 8.42 Å². The Kier molecular flexibility index (Phi) is 7.87. The highest BCUT2D eigenvalue weighted by Crippen LogP contribution is 2.25. The summed E-state index contributed by atoms with van der Waals surface area (Å²) in [6.45, 7) is 8.22. The summed E-state index contributed by atoms with van der Waals surface area (Å²) < 4.78 is 27.2. The van der Waals surface area contributed by atoms with Crippen LogP contribution in [0, 0.1) is 0 Å². The number of anilines is 1. The number of rotatable bonds is 10. The molecule has 1 heterocycles. The van der Waals surface area contributed by atoms with Gasteiger partial charge in [0, 0.05) is 12.2 Å². The van der Waals surface area contributed by atoms with Crippen molar-refractivity contribution in [2.75, 3.05) is 11.1 Å². The molecule has 0 aliphatic rings. The van der Waals surface area contributed by atoms with Crippen LogP contribution in [0.15, 0.2) is 77.3 Å². The summed E-state index contributed by atoms with van der Waals surface area (Å²) >= 11 is 1.21. The summed E-state index contributed by atoms with van der Waals surface area (Å²) in [4.78, 5) is 12.8. The molecular weight excluding hydrogens is 444 g/mol. The van der Waals surface area contributed by atoms with Crippen molar-refractivity contribution in [2.45, 2.75) is 42.1 Å². The van der Waals surface area contributed by atoms with E-state index in [1.807, 2.05) is 24.3 Å². The standard InChI is InChI=1S/C23H26N4O3S2/c1-4-14-27-21(16-32(29,30)18-10-6-5-7-11-18)25-26-23(27)31-15-22(28)24-20-13-9-8-12-19(20)17(2)3/h4-13,17H,1,14-16H2,2-3H3,(H,24,28).